The van der Waals surface area contributed by atoms with Crippen LogP contribution in [0.25, 0.3) is 0 Å². The van der Waals surface area contributed by atoms with Gasteiger partial charge in [-0.2, -0.15) is 0 Å². The molecule has 1 aromatic rings. The van der Waals surface area contributed by atoms with Crippen LogP contribution in [-0.2, 0) is 17.9 Å². The van der Waals surface area contributed by atoms with Crippen LogP contribution in [0.4, 0.5) is 0 Å². The summed E-state index contributed by atoms with van der Waals surface area (Å²) in [6.45, 7) is 5.43. The molecular formula is C16H24N2O. The zero-order valence-electron chi connectivity index (χ0n) is 11.8. The van der Waals surface area contributed by atoms with Crippen LogP contribution < -0.4 is 5.32 Å². The van der Waals surface area contributed by atoms with Crippen molar-refractivity contribution in [2.45, 2.75) is 32.0 Å². The average molecular weight is 260 g/mol. The van der Waals surface area contributed by atoms with Crippen molar-refractivity contribution in [3.63, 3.8) is 0 Å². The van der Waals surface area contributed by atoms with Gasteiger partial charge in [-0.25, -0.2) is 0 Å². The van der Waals surface area contributed by atoms with Crippen molar-refractivity contribution in [2.75, 3.05) is 26.7 Å². The van der Waals surface area contributed by atoms with E-state index in [1.54, 1.807) is 7.11 Å². The second kappa shape index (κ2) is 6.04. The molecule has 2 heterocycles. The lowest BCUT2D eigenvalue weighted by Crippen LogP contribution is -2.40. The van der Waals surface area contributed by atoms with Gasteiger partial charge in [0.2, 0.25) is 0 Å². The summed E-state index contributed by atoms with van der Waals surface area (Å²) in [6.07, 6.45) is 2.74. The van der Waals surface area contributed by atoms with Gasteiger partial charge in [-0.1, -0.05) is 24.3 Å². The van der Waals surface area contributed by atoms with Crippen molar-refractivity contribution in [3.05, 3.63) is 35.4 Å². The van der Waals surface area contributed by atoms with E-state index in [1.165, 1.54) is 43.6 Å². The molecule has 2 fully saturated rings. The average Bonchev–Trinajstić information content (AvgIpc) is 2.83. The topological polar surface area (TPSA) is 24.5 Å². The van der Waals surface area contributed by atoms with E-state index >= 15 is 0 Å². The van der Waals surface area contributed by atoms with Crippen molar-refractivity contribution in [1.29, 1.82) is 0 Å². The van der Waals surface area contributed by atoms with Gasteiger partial charge >= 0.3 is 0 Å². The van der Waals surface area contributed by atoms with Crippen LogP contribution in [0.2, 0.25) is 0 Å². The van der Waals surface area contributed by atoms with Crippen molar-refractivity contribution in [1.82, 2.24) is 10.2 Å². The highest BCUT2D eigenvalue weighted by molar-refractivity contribution is 5.26. The van der Waals surface area contributed by atoms with Crippen molar-refractivity contribution in [2.24, 2.45) is 5.92 Å². The Hall–Kier alpha value is -0.900. The largest absolute Gasteiger partial charge is 0.380 e. The summed E-state index contributed by atoms with van der Waals surface area (Å²) in [7, 11) is 1.77. The molecule has 0 aromatic heterocycles. The first-order valence-corrected chi connectivity index (χ1v) is 7.38. The van der Waals surface area contributed by atoms with E-state index in [-0.39, 0.29) is 0 Å². The summed E-state index contributed by atoms with van der Waals surface area (Å²) in [5.74, 6) is 0.864. The van der Waals surface area contributed by atoms with E-state index in [9.17, 15) is 0 Å². The summed E-state index contributed by atoms with van der Waals surface area (Å²) in [5.41, 5.74) is 2.75. The monoisotopic (exact) mass is 260 g/mol. The molecule has 2 atom stereocenters. The van der Waals surface area contributed by atoms with E-state index < -0.39 is 0 Å². The molecule has 0 saturated carbocycles. The third-order valence-electron chi connectivity index (χ3n) is 4.49. The normalized spacial score (nSPS) is 27.4. The molecule has 3 heteroatoms. The van der Waals surface area contributed by atoms with Gasteiger partial charge in [0.25, 0.3) is 0 Å². The number of nitrogens with zero attached hydrogens (tertiary/aromatic N) is 1. The second-order valence-electron chi connectivity index (χ2n) is 5.86. The summed E-state index contributed by atoms with van der Waals surface area (Å²) in [5, 5.41) is 3.67. The van der Waals surface area contributed by atoms with Crippen LogP contribution in [-0.4, -0.2) is 37.7 Å². The Kier molecular flexibility index (Phi) is 4.16. The Morgan fingerprint density at radius 3 is 2.89 bits per heavy atom. The van der Waals surface area contributed by atoms with Crippen molar-refractivity contribution >= 4 is 0 Å². The third kappa shape index (κ3) is 2.99. The third-order valence-corrected chi connectivity index (χ3v) is 4.49. The van der Waals surface area contributed by atoms with E-state index in [2.05, 4.69) is 34.5 Å². The molecular weight excluding hydrogens is 236 g/mol. The van der Waals surface area contributed by atoms with Gasteiger partial charge in [-0.05, 0) is 36.4 Å². The minimum atomic E-state index is 0.717. The Morgan fingerprint density at radius 1 is 1.26 bits per heavy atom. The number of nitrogens with one attached hydrogen (secondary N) is 1. The van der Waals surface area contributed by atoms with Gasteiger partial charge in [-0.3, -0.25) is 4.90 Å². The predicted molar refractivity (Wildman–Crippen MR) is 76.9 cm³/mol. The maximum atomic E-state index is 5.30. The van der Waals surface area contributed by atoms with Gasteiger partial charge in [-0.15, -0.1) is 0 Å². The summed E-state index contributed by atoms with van der Waals surface area (Å²) in [4.78, 5) is 2.60. The van der Waals surface area contributed by atoms with Gasteiger partial charge in [0.15, 0.2) is 0 Å². The highest BCUT2D eigenvalue weighted by atomic mass is 16.5. The quantitative estimate of drug-likeness (QED) is 0.896. The fraction of sp³-hybridized carbons (Fsp3) is 0.625. The Balaban J connectivity index is 1.65. The molecule has 2 aliphatic rings. The smallest absolute Gasteiger partial charge is 0.0716 e. The Labute approximate surface area is 115 Å². The molecule has 3 nitrogen and oxygen atoms in total. The van der Waals surface area contributed by atoms with E-state index in [4.69, 9.17) is 4.74 Å². The molecule has 2 saturated heterocycles. The maximum Gasteiger partial charge on any atom is 0.0716 e. The summed E-state index contributed by atoms with van der Waals surface area (Å²) in [6, 6.07) is 9.38. The van der Waals surface area contributed by atoms with Gasteiger partial charge in [0, 0.05) is 32.8 Å². The summed E-state index contributed by atoms with van der Waals surface area (Å²) < 4.78 is 5.30. The zero-order valence-corrected chi connectivity index (χ0v) is 11.8. The number of rotatable bonds is 4. The maximum absolute atomic E-state index is 5.30. The van der Waals surface area contributed by atoms with Crippen LogP contribution in [0.1, 0.15) is 24.0 Å². The number of methoxy groups -OCH3 is 1. The van der Waals surface area contributed by atoms with Gasteiger partial charge < -0.3 is 10.1 Å². The minimum Gasteiger partial charge on any atom is -0.380 e. The lowest BCUT2D eigenvalue weighted by molar-refractivity contribution is 0.183. The van der Waals surface area contributed by atoms with E-state index in [0.29, 0.717) is 0 Å². The number of ether oxygens (including phenoxy) is 1. The first kappa shape index (κ1) is 13.1. The SMILES string of the molecule is COCc1ccccc1CN1CC2CCCNC2C1. The van der Waals surface area contributed by atoms with E-state index in [1.807, 2.05) is 0 Å². The molecule has 0 spiro atoms. The van der Waals surface area contributed by atoms with Gasteiger partial charge in [0.1, 0.15) is 0 Å². The molecule has 2 unspecified atom stereocenters. The molecule has 1 aromatic carbocycles. The number of likely N-dealkylation sites (tertiary alicyclic amines) is 1. The van der Waals surface area contributed by atoms with Gasteiger partial charge in [0.05, 0.1) is 6.61 Å². The van der Waals surface area contributed by atoms with Crippen LogP contribution in [0.5, 0.6) is 0 Å². The molecule has 2 aliphatic heterocycles. The summed E-state index contributed by atoms with van der Waals surface area (Å²) >= 11 is 0. The molecule has 3 rings (SSSR count). The zero-order chi connectivity index (χ0) is 13.1. The lowest BCUT2D eigenvalue weighted by atomic mass is 9.94. The predicted octanol–water partition coefficient (Wildman–Crippen LogP) is 2.02. The van der Waals surface area contributed by atoms with Crippen LogP contribution in [0.15, 0.2) is 24.3 Å². The molecule has 19 heavy (non-hydrogen) atoms. The van der Waals surface area contributed by atoms with E-state index in [0.717, 1.165) is 25.1 Å². The number of benzene rings is 1. The highest BCUT2D eigenvalue weighted by Gasteiger charge is 2.34. The fourth-order valence-electron chi connectivity index (χ4n) is 3.51. The van der Waals surface area contributed by atoms with Crippen LogP contribution in [0, 0.1) is 5.92 Å². The second-order valence-corrected chi connectivity index (χ2v) is 5.86. The van der Waals surface area contributed by atoms with Crippen molar-refractivity contribution < 1.29 is 4.74 Å². The highest BCUT2D eigenvalue weighted by Crippen LogP contribution is 2.26. The molecule has 1 N–H and O–H groups in total. The lowest BCUT2D eigenvalue weighted by Gasteiger charge is -2.24. The Morgan fingerprint density at radius 2 is 2.11 bits per heavy atom. The first-order chi connectivity index (χ1) is 9.36. The number of hydrogen-bond acceptors (Lipinski definition) is 3. The molecule has 0 radical (unpaired) electrons. The number of fused-ring (bicyclic) bond motifs is 1. The molecule has 0 bridgehead atoms. The number of hydrogen-bond donors (Lipinski definition) is 1. The van der Waals surface area contributed by atoms with Crippen LogP contribution in [0.3, 0.4) is 0 Å². The molecule has 0 aliphatic carbocycles. The fourth-order valence-corrected chi connectivity index (χ4v) is 3.51. The standard InChI is InChI=1S/C16H24N2O/c1-19-12-15-6-3-2-5-13(15)9-18-10-14-7-4-8-17-16(14)11-18/h2-3,5-6,14,16-17H,4,7-12H2,1H3. The Bertz CT molecular complexity index is 407. The molecule has 104 valence electrons. The van der Waals surface area contributed by atoms with Crippen molar-refractivity contribution in [3.8, 4) is 0 Å². The minimum absolute atomic E-state index is 0.717. The van der Waals surface area contributed by atoms with Crippen LogP contribution >= 0.6 is 0 Å². The molecule has 0 amide bonds. The number of piperidine rings is 1. The first-order valence-electron chi connectivity index (χ1n) is 7.38.